The highest BCUT2D eigenvalue weighted by Crippen LogP contribution is 2.58. The van der Waals surface area contributed by atoms with Gasteiger partial charge in [0, 0.05) is 24.6 Å². The minimum absolute atomic E-state index is 0.115. The van der Waals surface area contributed by atoms with Gasteiger partial charge in [-0.1, -0.05) is 6.42 Å². The van der Waals surface area contributed by atoms with Gasteiger partial charge >= 0.3 is 0 Å². The molecule has 0 aromatic carbocycles. The maximum absolute atomic E-state index is 8.67. The molecule has 0 amide bonds. The van der Waals surface area contributed by atoms with E-state index in [1.807, 2.05) is 0 Å². The summed E-state index contributed by atoms with van der Waals surface area (Å²) in [5.74, 6) is 0. The SMILES string of the molecule is CCOC1CC(N(C)CCOCCO)C12CCC2. The van der Waals surface area contributed by atoms with E-state index in [2.05, 4.69) is 18.9 Å². The highest BCUT2D eigenvalue weighted by molar-refractivity contribution is 5.12. The first kappa shape index (κ1) is 14.3. The van der Waals surface area contributed by atoms with E-state index in [-0.39, 0.29) is 6.61 Å². The third kappa shape index (κ3) is 2.57. The first-order valence-electron chi connectivity index (χ1n) is 7.25. The second-order valence-corrected chi connectivity index (χ2v) is 5.60. The van der Waals surface area contributed by atoms with Gasteiger partial charge in [0.2, 0.25) is 0 Å². The van der Waals surface area contributed by atoms with E-state index in [9.17, 15) is 0 Å². The Morgan fingerprint density at radius 1 is 1.33 bits per heavy atom. The highest BCUT2D eigenvalue weighted by Gasteiger charge is 2.59. The maximum Gasteiger partial charge on any atom is 0.0698 e. The quantitative estimate of drug-likeness (QED) is 0.665. The average Bonchev–Trinajstić information content (AvgIpc) is 2.27. The van der Waals surface area contributed by atoms with Crippen LogP contribution in [-0.2, 0) is 9.47 Å². The fraction of sp³-hybridized carbons (Fsp3) is 1.00. The molecule has 0 heterocycles. The van der Waals surface area contributed by atoms with E-state index in [0.29, 0.717) is 30.8 Å². The number of nitrogens with zero attached hydrogens (tertiary/aromatic N) is 1. The number of ether oxygens (including phenoxy) is 2. The Hall–Kier alpha value is -0.160. The Morgan fingerprint density at radius 2 is 2.11 bits per heavy atom. The minimum atomic E-state index is 0.115. The van der Waals surface area contributed by atoms with Gasteiger partial charge in [-0.2, -0.15) is 0 Å². The lowest BCUT2D eigenvalue weighted by molar-refractivity contribution is -0.201. The fourth-order valence-corrected chi connectivity index (χ4v) is 3.55. The van der Waals surface area contributed by atoms with Crippen LogP contribution < -0.4 is 0 Å². The van der Waals surface area contributed by atoms with E-state index in [1.165, 1.54) is 25.7 Å². The third-order valence-electron chi connectivity index (χ3n) is 4.75. The minimum Gasteiger partial charge on any atom is -0.394 e. The summed E-state index contributed by atoms with van der Waals surface area (Å²) in [6.07, 6.45) is 5.66. The monoisotopic (exact) mass is 257 g/mol. The lowest BCUT2D eigenvalue weighted by atomic mass is 9.50. The Morgan fingerprint density at radius 3 is 2.67 bits per heavy atom. The summed E-state index contributed by atoms with van der Waals surface area (Å²) in [5.41, 5.74) is 0.446. The van der Waals surface area contributed by atoms with Crippen molar-refractivity contribution in [1.29, 1.82) is 0 Å². The largest absolute Gasteiger partial charge is 0.394 e. The van der Waals surface area contributed by atoms with Crippen LogP contribution in [0, 0.1) is 5.41 Å². The zero-order valence-electron chi connectivity index (χ0n) is 11.7. The zero-order valence-corrected chi connectivity index (χ0v) is 11.7. The molecular weight excluding hydrogens is 230 g/mol. The highest BCUT2D eigenvalue weighted by atomic mass is 16.5. The molecule has 0 aromatic heterocycles. The van der Waals surface area contributed by atoms with Gasteiger partial charge in [0.1, 0.15) is 0 Å². The van der Waals surface area contributed by atoms with Gasteiger partial charge in [-0.25, -0.2) is 0 Å². The molecule has 0 bridgehead atoms. The van der Waals surface area contributed by atoms with Crippen molar-refractivity contribution >= 4 is 0 Å². The molecule has 2 rings (SSSR count). The fourth-order valence-electron chi connectivity index (χ4n) is 3.55. The Bertz CT molecular complexity index is 255. The van der Waals surface area contributed by atoms with Crippen molar-refractivity contribution in [2.45, 2.75) is 44.8 Å². The molecule has 0 radical (unpaired) electrons. The second-order valence-electron chi connectivity index (χ2n) is 5.60. The molecule has 4 heteroatoms. The Balaban J connectivity index is 1.75. The number of hydrogen-bond acceptors (Lipinski definition) is 4. The molecule has 2 unspecified atom stereocenters. The van der Waals surface area contributed by atoms with E-state index in [0.717, 1.165) is 13.2 Å². The average molecular weight is 257 g/mol. The summed E-state index contributed by atoms with van der Waals surface area (Å²) in [5, 5.41) is 8.67. The second kappa shape index (κ2) is 6.33. The van der Waals surface area contributed by atoms with Crippen LogP contribution in [0.1, 0.15) is 32.6 Å². The normalized spacial score (nSPS) is 29.3. The molecule has 2 saturated carbocycles. The van der Waals surface area contributed by atoms with Crippen molar-refractivity contribution in [3.8, 4) is 0 Å². The standard InChI is InChI=1S/C14H27NO3/c1-3-18-13-11-12(14(13)5-4-6-14)15(2)7-9-17-10-8-16/h12-13,16H,3-11H2,1-2H3. The summed E-state index contributed by atoms with van der Waals surface area (Å²) in [4.78, 5) is 2.42. The number of aliphatic hydroxyl groups excluding tert-OH is 1. The van der Waals surface area contributed by atoms with Crippen molar-refractivity contribution in [2.24, 2.45) is 5.41 Å². The number of aliphatic hydroxyl groups is 1. The van der Waals surface area contributed by atoms with E-state index < -0.39 is 0 Å². The molecule has 2 aliphatic carbocycles. The van der Waals surface area contributed by atoms with E-state index in [1.54, 1.807) is 0 Å². The predicted molar refractivity (Wildman–Crippen MR) is 70.6 cm³/mol. The molecular formula is C14H27NO3. The molecule has 2 fully saturated rings. The van der Waals surface area contributed by atoms with Crippen molar-refractivity contribution in [3.63, 3.8) is 0 Å². The van der Waals surface area contributed by atoms with Crippen molar-refractivity contribution < 1.29 is 14.6 Å². The van der Waals surface area contributed by atoms with Gasteiger partial charge in [-0.05, 0) is 33.2 Å². The molecule has 1 spiro atoms. The van der Waals surface area contributed by atoms with Gasteiger partial charge in [0.25, 0.3) is 0 Å². The number of likely N-dealkylation sites (N-methyl/N-ethyl adjacent to an activating group) is 1. The summed E-state index contributed by atoms with van der Waals surface area (Å²) in [6.45, 7) is 5.15. The maximum atomic E-state index is 8.67. The lowest BCUT2D eigenvalue weighted by Gasteiger charge is -2.63. The lowest BCUT2D eigenvalue weighted by Crippen LogP contribution is -2.67. The third-order valence-corrected chi connectivity index (χ3v) is 4.75. The first-order valence-corrected chi connectivity index (χ1v) is 7.25. The van der Waals surface area contributed by atoms with Gasteiger partial charge in [-0.3, -0.25) is 0 Å². The molecule has 4 nitrogen and oxygen atoms in total. The smallest absolute Gasteiger partial charge is 0.0698 e. The van der Waals surface area contributed by atoms with Gasteiger partial charge in [0.05, 0.1) is 25.9 Å². The Labute approximate surface area is 110 Å². The van der Waals surface area contributed by atoms with Crippen LogP contribution in [0.2, 0.25) is 0 Å². The molecule has 2 aliphatic rings. The molecule has 0 aliphatic heterocycles. The van der Waals surface area contributed by atoms with Crippen molar-refractivity contribution in [1.82, 2.24) is 4.90 Å². The first-order chi connectivity index (χ1) is 8.74. The number of hydrogen-bond donors (Lipinski definition) is 1. The summed E-state index contributed by atoms with van der Waals surface area (Å²) in [7, 11) is 2.19. The van der Waals surface area contributed by atoms with Crippen LogP contribution in [0.4, 0.5) is 0 Å². The molecule has 18 heavy (non-hydrogen) atoms. The van der Waals surface area contributed by atoms with Gasteiger partial charge in [0.15, 0.2) is 0 Å². The molecule has 106 valence electrons. The van der Waals surface area contributed by atoms with Crippen molar-refractivity contribution in [2.75, 3.05) is 40.0 Å². The van der Waals surface area contributed by atoms with E-state index >= 15 is 0 Å². The summed E-state index contributed by atoms with van der Waals surface area (Å²) in [6, 6.07) is 0.667. The van der Waals surface area contributed by atoms with Crippen LogP contribution in [0.25, 0.3) is 0 Å². The number of rotatable bonds is 8. The van der Waals surface area contributed by atoms with Crippen LogP contribution in [-0.4, -0.2) is 62.2 Å². The van der Waals surface area contributed by atoms with Gasteiger partial charge < -0.3 is 19.5 Å². The molecule has 0 saturated heterocycles. The van der Waals surface area contributed by atoms with Crippen LogP contribution in [0.3, 0.4) is 0 Å². The van der Waals surface area contributed by atoms with Crippen molar-refractivity contribution in [3.05, 3.63) is 0 Å². The van der Waals surface area contributed by atoms with Crippen LogP contribution in [0.5, 0.6) is 0 Å². The van der Waals surface area contributed by atoms with E-state index in [4.69, 9.17) is 14.6 Å². The Kier molecular flexibility index (Phi) is 5.01. The molecule has 0 aromatic rings. The predicted octanol–water partition coefficient (Wildman–Crippen LogP) is 1.27. The van der Waals surface area contributed by atoms with Crippen LogP contribution >= 0.6 is 0 Å². The summed E-state index contributed by atoms with van der Waals surface area (Å²) >= 11 is 0. The zero-order chi connectivity index (χ0) is 13.0. The van der Waals surface area contributed by atoms with Crippen LogP contribution in [0.15, 0.2) is 0 Å². The summed E-state index contributed by atoms with van der Waals surface area (Å²) < 4.78 is 11.2. The van der Waals surface area contributed by atoms with Gasteiger partial charge in [-0.15, -0.1) is 0 Å². The molecule has 1 N–H and O–H groups in total. The topological polar surface area (TPSA) is 41.9 Å². The molecule has 2 atom stereocenters.